The summed E-state index contributed by atoms with van der Waals surface area (Å²) in [5.74, 6) is 0. The van der Waals surface area contributed by atoms with Gasteiger partial charge in [0.1, 0.15) is 0 Å². The third kappa shape index (κ3) is 1.62. The summed E-state index contributed by atoms with van der Waals surface area (Å²) in [5, 5.41) is 0. The third-order valence-electron chi connectivity index (χ3n) is 1.46. The molecule has 0 aliphatic heterocycles. The van der Waals surface area contributed by atoms with Gasteiger partial charge in [0.05, 0.1) is 0 Å². The van der Waals surface area contributed by atoms with Crippen molar-refractivity contribution in [3.8, 4) is 0 Å². The van der Waals surface area contributed by atoms with E-state index in [4.69, 9.17) is 11.3 Å². The smallest absolute Gasteiger partial charge is 0.233 e. The molecule has 1 rings (SSSR count). The molecular formula is C6H10B2N2. The highest BCUT2D eigenvalue weighted by Gasteiger charge is 1.92. The van der Waals surface area contributed by atoms with Crippen LogP contribution in [-0.2, 0) is 0 Å². The zero-order chi connectivity index (χ0) is 7.40. The van der Waals surface area contributed by atoms with Crippen LogP contribution in [0.2, 0.25) is 0 Å². The third-order valence-corrected chi connectivity index (χ3v) is 1.46. The highest BCUT2D eigenvalue weighted by Crippen LogP contribution is 1.75. The Labute approximate surface area is 62.1 Å². The number of hydrogen-bond acceptors (Lipinski definition) is 2. The van der Waals surface area contributed by atoms with E-state index < -0.39 is 0 Å². The van der Waals surface area contributed by atoms with Crippen LogP contribution in [0.4, 0.5) is 0 Å². The average Bonchev–Trinajstić information content (AvgIpc) is 2.05. The van der Waals surface area contributed by atoms with Crippen LogP contribution in [0, 0.1) is 0 Å². The van der Waals surface area contributed by atoms with Gasteiger partial charge in [-0.05, 0) is 0 Å². The van der Waals surface area contributed by atoms with Crippen molar-refractivity contribution in [3.05, 3.63) is 24.3 Å². The fourth-order valence-corrected chi connectivity index (χ4v) is 0.884. The predicted molar refractivity (Wildman–Crippen MR) is 48.4 cm³/mol. The summed E-state index contributed by atoms with van der Waals surface area (Å²) in [5.41, 5.74) is 13.1. The number of benzene rings is 1. The van der Waals surface area contributed by atoms with E-state index in [9.17, 15) is 0 Å². The Bertz CT molecular complexity index is 195. The van der Waals surface area contributed by atoms with E-state index in [-0.39, 0.29) is 0 Å². The van der Waals surface area contributed by atoms with Crippen molar-refractivity contribution in [2.24, 2.45) is 11.3 Å². The van der Waals surface area contributed by atoms with E-state index in [0.717, 1.165) is 10.9 Å². The van der Waals surface area contributed by atoms with Gasteiger partial charge in [0, 0.05) is 0 Å². The van der Waals surface area contributed by atoms with Gasteiger partial charge in [-0.1, -0.05) is 35.2 Å². The zero-order valence-corrected chi connectivity index (χ0v) is 5.88. The Balaban J connectivity index is 2.87. The van der Waals surface area contributed by atoms with Crippen LogP contribution in [0.25, 0.3) is 0 Å². The Hall–Kier alpha value is -0.730. The lowest BCUT2D eigenvalue weighted by molar-refractivity contribution is 1.77. The van der Waals surface area contributed by atoms with Crippen LogP contribution in [0.5, 0.6) is 0 Å². The van der Waals surface area contributed by atoms with Crippen LogP contribution >= 0.6 is 0 Å². The largest absolute Gasteiger partial charge is 0.369 e. The molecule has 1 aromatic rings. The molecule has 50 valence electrons. The van der Waals surface area contributed by atoms with Crippen molar-refractivity contribution in [2.45, 2.75) is 0 Å². The molecule has 0 bridgehead atoms. The Morgan fingerprint density at radius 2 is 1.50 bits per heavy atom. The Morgan fingerprint density at radius 1 is 1.00 bits per heavy atom. The molecule has 4 heteroatoms. The summed E-state index contributed by atoms with van der Waals surface area (Å²) in [7, 11) is 1.18. The minimum absolute atomic E-state index is 0.591. The van der Waals surface area contributed by atoms with E-state index in [0.29, 0.717) is 14.8 Å². The highest BCUT2D eigenvalue weighted by atomic mass is 14.4. The molecule has 10 heavy (non-hydrogen) atoms. The number of nitrogens with two attached hydrogens (primary N) is 2. The van der Waals surface area contributed by atoms with Crippen molar-refractivity contribution < 1.29 is 0 Å². The van der Waals surface area contributed by atoms with Gasteiger partial charge in [-0.3, -0.25) is 0 Å². The molecule has 0 amide bonds. The lowest BCUT2D eigenvalue weighted by atomic mass is 9.77. The molecule has 0 heterocycles. The predicted octanol–water partition coefficient (Wildman–Crippen LogP) is -2.44. The standard InChI is InChI=1S/C6H10B2N2/c9-7-5-2-1-3-6(4-5)8-10/h1-4,7-8H,9-10H2. The van der Waals surface area contributed by atoms with Crippen LogP contribution in [0.1, 0.15) is 0 Å². The van der Waals surface area contributed by atoms with Gasteiger partial charge in [0.2, 0.25) is 14.8 Å². The second kappa shape index (κ2) is 3.44. The molecule has 0 saturated heterocycles. The van der Waals surface area contributed by atoms with Crippen molar-refractivity contribution in [1.29, 1.82) is 0 Å². The van der Waals surface area contributed by atoms with Crippen LogP contribution in [0.15, 0.2) is 24.3 Å². The molecule has 0 saturated carbocycles. The van der Waals surface area contributed by atoms with Crippen LogP contribution < -0.4 is 22.2 Å². The maximum atomic E-state index is 5.43. The number of rotatable bonds is 2. The second-order valence-corrected chi connectivity index (χ2v) is 2.23. The Kier molecular flexibility index (Phi) is 2.54. The molecule has 2 nitrogen and oxygen atoms in total. The van der Waals surface area contributed by atoms with E-state index in [2.05, 4.69) is 0 Å². The van der Waals surface area contributed by atoms with E-state index in [1.54, 1.807) is 0 Å². The molecule has 0 fully saturated rings. The first-order chi connectivity index (χ1) is 4.86. The molecule has 0 radical (unpaired) electrons. The first kappa shape index (κ1) is 7.38. The highest BCUT2D eigenvalue weighted by molar-refractivity contribution is 6.54. The maximum absolute atomic E-state index is 5.43. The maximum Gasteiger partial charge on any atom is 0.233 e. The van der Waals surface area contributed by atoms with Crippen molar-refractivity contribution in [1.82, 2.24) is 0 Å². The van der Waals surface area contributed by atoms with E-state index in [1.165, 1.54) is 0 Å². The summed E-state index contributed by atoms with van der Waals surface area (Å²) in [6.07, 6.45) is 0. The molecule has 0 spiro atoms. The molecule has 0 unspecified atom stereocenters. The van der Waals surface area contributed by atoms with E-state index in [1.807, 2.05) is 24.3 Å². The topological polar surface area (TPSA) is 52.0 Å². The van der Waals surface area contributed by atoms with E-state index >= 15 is 0 Å². The first-order valence-corrected chi connectivity index (χ1v) is 3.34. The quantitative estimate of drug-likeness (QED) is 0.439. The van der Waals surface area contributed by atoms with Gasteiger partial charge in [-0.2, -0.15) is 0 Å². The van der Waals surface area contributed by atoms with Gasteiger partial charge in [0.25, 0.3) is 0 Å². The molecule has 4 N–H and O–H groups in total. The minimum Gasteiger partial charge on any atom is -0.369 e. The van der Waals surface area contributed by atoms with Crippen LogP contribution in [-0.4, -0.2) is 14.8 Å². The fourth-order valence-electron chi connectivity index (χ4n) is 0.884. The molecule has 0 aliphatic carbocycles. The minimum atomic E-state index is 0.591. The molecule has 0 aromatic heterocycles. The normalized spacial score (nSPS) is 9.00. The zero-order valence-electron chi connectivity index (χ0n) is 5.88. The second-order valence-electron chi connectivity index (χ2n) is 2.23. The summed E-state index contributed by atoms with van der Waals surface area (Å²) in [6, 6.07) is 8.00. The summed E-state index contributed by atoms with van der Waals surface area (Å²) >= 11 is 0. The van der Waals surface area contributed by atoms with Gasteiger partial charge in [-0.25, -0.2) is 0 Å². The molecule has 0 aliphatic rings. The van der Waals surface area contributed by atoms with Gasteiger partial charge in [0.15, 0.2) is 0 Å². The summed E-state index contributed by atoms with van der Waals surface area (Å²) in [4.78, 5) is 0. The summed E-state index contributed by atoms with van der Waals surface area (Å²) < 4.78 is 0. The molecular weight excluding hydrogens is 122 g/mol. The summed E-state index contributed by atoms with van der Waals surface area (Å²) in [6.45, 7) is 0. The van der Waals surface area contributed by atoms with Crippen molar-refractivity contribution in [2.75, 3.05) is 0 Å². The Morgan fingerprint density at radius 3 is 1.90 bits per heavy atom. The van der Waals surface area contributed by atoms with Crippen molar-refractivity contribution >= 4 is 25.8 Å². The first-order valence-electron chi connectivity index (χ1n) is 3.34. The monoisotopic (exact) mass is 132 g/mol. The van der Waals surface area contributed by atoms with Gasteiger partial charge < -0.3 is 11.3 Å². The van der Waals surface area contributed by atoms with Gasteiger partial charge in [-0.15, -0.1) is 0 Å². The SMILES string of the molecule is NBc1cccc(BN)c1. The van der Waals surface area contributed by atoms with Gasteiger partial charge >= 0.3 is 0 Å². The molecule has 1 aromatic carbocycles. The van der Waals surface area contributed by atoms with Crippen molar-refractivity contribution in [3.63, 3.8) is 0 Å². The van der Waals surface area contributed by atoms with Crippen LogP contribution in [0.3, 0.4) is 0 Å². The molecule has 0 atom stereocenters. The lowest BCUT2D eigenvalue weighted by Crippen LogP contribution is -2.30. The number of hydrogen-bond donors (Lipinski definition) is 2. The fraction of sp³-hybridized carbons (Fsp3) is 0. The average molecular weight is 132 g/mol. The lowest BCUT2D eigenvalue weighted by Gasteiger charge is -1.96.